The predicted octanol–water partition coefficient (Wildman–Crippen LogP) is 3.50. The van der Waals surface area contributed by atoms with Gasteiger partial charge in [0.1, 0.15) is 5.82 Å². The lowest BCUT2D eigenvalue weighted by Crippen LogP contribution is -2.40. The number of hydrogen-bond acceptors (Lipinski definition) is 4. The zero-order valence-corrected chi connectivity index (χ0v) is 17.1. The smallest absolute Gasteiger partial charge is 0.227 e. The summed E-state index contributed by atoms with van der Waals surface area (Å²) >= 11 is 1.58. The molecule has 0 saturated carbocycles. The van der Waals surface area contributed by atoms with Crippen LogP contribution in [0.4, 0.5) is 4.39 Å². The van der Waals surface area contributed by atoms with Crippen LogP contribution in [-0.2, 0) is 22.6 Å². The van der Waals surface area contributed by atoms with E-state index < -0.39 is 0 Å². The molecule has 150 valence electrons. The summed E-state index contributed by atoms with van der Waals surface area (Å²) in [5.41, 5.74) is 1.29. The third-order valence-electron chi connectivity index (χ3n) is 4.96. The number of aromatic nitrogens is 1. The number of carbonyl (C=O) groups excluding carboxylic acids is 2. The fourth-order valence-electron chi connectivity index (χ4n) is 3.29. The number of hydrogen-bond donors (Lipinski definition) is 1. The van der Waals surface area contributed by atoms with Crippen LogP contribution in [0.15, 0.2) is 29.6 Å². The van der Waals surface area contributed by atoms with Crippen molar-refractivity contribution in [1.82, 2.24) is 15.2 Å². The molecule has 0 spiro atoms. The maximum absolute atomic E-state index is 13.8. The summed E-state index contributed by atoms with van der Waals surface area (Å²) in [6.45, 7) is 5.45. The molecule has 0 aliphatic carbocycles. The second-order valence-corrected chi connectivity index (χ2v) is 8.39. The second-order valence-electron chi connectivity index (χ2n) is 7.50. The molecule has 28 heavy (non-hydrogen) atoms. The number of halogens is 1. The van der Waals surface area contributed by atoms with Gasteiger partial charge < -0.3 is 10.2 Å². The average Bonchev–Trinajstić information content (AvgIpc) is 3.17. The highest BCUT2D eigenvalue weighted by Gasteiger charge is 2.27. The van der Waals surface area contributed by atoms with Crippen molar-refractivity contribution in [3.63, 3.8) is 0 Å². The van der Waals surface area contributed by atoms with Gasteiger partial charge in [-0.15, -0.1) is 11.3 Å². The number of carbonyl (C=O) groups is 2. The first kappa shape index (κ1) is 20.5. The number of thiazole rings is 1. The van der Waals surface area contributed by atoms with Crippen LogP contribution in [0, 0.1) is 11.7 Å². The molecule has 7 heteroatoms. The minimum Gasteiger partial charge on any atom is -0.350 e. The van der Waals surface area contributed by atoms with Gasteiger partial charge in [0, 0.05) is 30.3 Å². The SMILES string of the molecule is CC(C)C(=O)NCc1csc([C@H]2CCCN(C(=O)Cc3ccccc3F)C2)n1. The Bertz CT molecular complexity index is 837. The summed E-state index contributed by atoms with van der Waals surface area (Å²) in [6.07, 6.45) is 1.98. The largest absolute Gasteiger partial charge is 0.350 e. The highest BCUT2D eigenvalue weighted by molar-refractivity contribution is 7.09. The van der Waals surface area contributed by atoms with Crippen LogP contribution in [0.3, 0.4) is 0 Å². The van der Waals surface area contributed by atoms with Crippen molar-refractivity contribution >= 4 is 23.2 Å². The van der Waals surface area contributed by atoms with Crippen molar-refractivity contribution in [2.45, 2.75) is 45.6 Å². The number of likely N-dealkylation sites (tertiary alicyclic amines) is 1. The van der Waals surface area contributed by atoms with Gasteiger partial charge in [0.2, 0.25) is 11.8 Å². The number of rotatable bonds is 6. The van der Waals surface area contributed by atoms with Gasteiger partial charge in [0.25, 0.3) is 0 Å². The van der Waals surface area contributed by atoms with Gasteiger partial charge in [-0.1, -0.05) is 32.0 Å². The maximum atomic E-state index is 13.8. The van der Waals surface area contributed by atoms with E-state index in [1.54, 1.807) is 29.5 Å². The van der Waals surface area contributed by atoms with Crippen molar-refractivity contribution in [3.05, 3.63) is 51.7 Å². The minimum absolute atomic E-state index is 0.0112. The third kappa shape index (κ3) is 5.16. The normalized spacial score (nSPS) is 17.0. The van der Waals surface area contributed by atoms with Crippen molar-refractivity contribution < 1.29 is 14.0 Å². The van der Waals surface area contributed by atoms with Gasteiger partial charge in [0.15, 0.2) is 0 Å². The number of nitrogens with zero attached hydrogens (tertiary/aromatic N) is 2. The van der Waals surface area contributed by atoms with Crippen LogP contribution >= 0.6 is 11.3 Å². The van der Waals surface area contributed by atoms with E-state index in [-0.39, 0.29) is 35.9 Å². The lowest BCUT2D eigenvalue weighted by atomic mass is 9.98. The van der Waals surface area contributed by atoms with Crippen LogP contribution < -0.4 is 5.32 Å². The standard InChI is InChI=1S/C21H26FN3O2S/c1-14(2)20(27)23-11-17-13-28-21(24-17)16-7-5-9-25(12-16)19(26)10-15-6-3-4-8-18(15)22/h3-4,6,8,13-14,16H,5,7,9-12H2,1-2H3,(H,23,27)/t16-/m0/s1. The first-order chi connectivity index (χ1) is 13.4. The van der Waals surface area contributed by atoms with E-state index in [1.165, 1.54) is 6.07 Å². The Hall–Kier alpha value is -2.28. The van der Waals surface area contributed by atoms with Gasteiger partial charge in [-0.3, -0.25) is 9.59 Å². The van der Waals surface area contributed by atoms with Crippen LogP contribution in [-0.4, -0.2) is 34.8 Å². The molecule has 1 saturated heterocycles. The van der Waals surface area contributed by atoms with Gasteiger partial charge >= 0.3 is 0 Å². The molecule has 0 unspecified atom stereocenters. The second kappa shape index (κ2) is 9.28. The van der Waals surface area contributed by atoms with Crippen LogP contribution in [0.2, 0.25) is 0 Å². The molecule has 2 amide bonds. The summed E-state index contributed by atoms with van der Waals surface area (Å²) in [4.78, 5) is 30.8. The number of piperidine rings is 1. The Morgan fingerprint density at radius 1 is 1.36 bits per heavy atom. The predicted molar refractivity (Wildman–Crippen MR) is 107 cm³/mol. The van der Waals surface area contributed by atoms with E-state index in [0.717, 1.165) is 23.5 Å². The van der Waals surface area contributed by atoms with Crippen LogP contribution in [0.1, 0.15) is 48.9 Å². The topological polar surface area (TPSA) is 62.3 Å². The Morgan fingerprint density at radius 3 is 2.89 bits per heavy atom. The quantitative estimate of drug-likeness (QED) is 0.803. The molecule has 1 N–H and O–H groups in total. The summed E-state index contributed by atoms with van der Waals surface area (Å²) < 4.78 is 13.8. The Kier molecular flexibility index (Phi) is 6.78. The summed E-state index contributed by atoms with van der Waals surface area (Å²) in [6, 6.07) is 6.42. The molecule has 3 rings (SSSR count). The van der Waals surface area contributed by atoms with Gasteiger partial charge in [-0.2, -0.15) is 0 Å². The van der Waals surface area contributed by atoms with Crippen molar-refractivity contribution in [1.29, 1.82) is 0 Å². The van der Waals surface area contributed by atoms with E-state index in [2.05, 4.69) is 10.3 Å². The Balaban J connectivity index is 1.58. The monoisotopic (exact) mass is 403 g/mol. The summed E-state index contributed by atoms with van der Waals surface area (Å²) in [5.74, 6) is -0.228. The molecule has 0 radical (unpaired) electrons. The summed E-state index contributed by atoms with van der Waals surface area (Å²) in [5, 5.41) is 5.85. The van der Waals surface area contributed by atoms with Crippen molar-refractivity contribution in [2.75, 3.05) is 13.1 Å². The Morgan fingerprint density at radius 2 is 2.14 bits per heavy atom. The van der Waals surface area contributed by atoms with E-state index in [9.17, 15) is 14.0 Å². The molecule has 1 aromatic heterocycles. The van der Waals surface area contributed by atoms with E-state index in [4.69, 9.17) is 0 Å². The first-order valence-electron chi connectivity index (χ1n) is 9.67. The number of amides is 2. The maximum Gasteiger partial charge on any atom is 0.227 e. The van der Waals surface area contributed by atoms with Crippen LogP contribution in [0.5, 0.6) is 0 Å². The number of benzene rings is 1. The molecular weight excluding hydrogens is 377 g/mol. The third-order valence-corrected chi connectivity index (χ3v) is 6.02. The highest BCUT2D eigenvalue weighted by Crippen LogP contribution is 2.29. The fraction of sp³-hybridized carbons (Fsp3) is 0.476. The molecule has 1 aromatic carbocycles. The minimum atomic E-state index is -0.336. The molecular formula is C21H26FN3O2S. The molecule has 2 heterocycles. The lowest BCUT2D eigenvalue weighted by molar-refractivity contribution is -0.131. The zero-order chi connectivity index (χ0) is 20.1. The van der Waals surface area contributed by atoms with Crippen molar-refractivity contribution in [3.8, 4) is 0 Å². The molecule has 1 aliphatic rings. The average molecular weight is 404 g/mol. The van der Waals surface area contributed by atoms with Gasteiger partial charge in [0.05, 0.1) is 23.7 Å². The van der Waals surface area contributed by atoms with Gasteiger partial charge in [-0.25, -0.2) is 9.37 Å². The molecule has 1 aliphatic heterocycles. The molecule has 5 nitrogen and oxygen atoms in total. The van der Waals surface area contributed by atoms with E-state index in [1.807, 2.05) is 24.1 Å². The molecule has 2 aromatic rings. The Labute approximate surface area is 169 Å². The van der Waals surface area contributed by atoms with Gasteiger partial charge in [-0.05, 0) is 24.5 Å². The summed E-state index contributed by atoms with van der Waals surface area (Å²) in [7, 11) is 0. The molecule has 1 atom stereocenters. The van der Waals surface area contributed by atoms with Crippen LogP contribution in [0.25, 0.3) is 0 Å². The van der Waals surface area contributed by atoms with Crippen molar-refractivity contribution in [2.24, 2.45) is 5.92 Å². The first-order valence-corrected chi connectivity index (χ1v) is 10.5. The highest BCUT2D eigenvalue weighted by atomic mass is 32.1. The zero-order valence-electron chi connectivity index (χ0n) is 16.3. The van der Waals surface area contributed by atoms with E-state index in [0.29, 0.717) is 25.2 Å². The molecule has 0 bridgehead atoms. The molecule has 1 fully saturated rings. The van der Waals surface area contributed by atoms with E-state index >= 15 is 0 Å². The lowest BCUT2D eigenvalue weighted by Gasteiger charge is -2.32. The fourth-order valence-corrected chi connectivity index (χ4v) is 4.24. The number of nitrogens with one attached hydrogen (secondary N) is 1.